The van der Waals surface area contributed by atoms with Gasteiger partial charge in [-0.2, -0.15) is 0 Å². The van der Waals surface area contributed by atoms with Crippen LogP contribution in [0.4, 0.5) is 0 Å². The zero-order chi connectivity index (χ0) is 17.4. The van der Waals surface area contributed by atoms with Gasteiger partial charge in [-0.25, -0.2) is 4.79 Å². The minimum Gasteiger partial charge on any atom is -0.496 e. The van der Waals surface area contributed by atoms with Crippen LogP contribution in [0.25, 0.3) is 10.4 Å². The lowest BCUT2D eigenvalue weighted by molar-refractivity contribution is 0.0469. The second kappa shape index (κ2) is 8.36. The van der Waals surface area contributed by atoms with Crippen LogP contribution in [-0.4, -0.2) is 25.4 Å². The topological polar surface area (TPSA) is 101 Å². The van der Waals surface area contributed by atoms with Crippen molar-refractivity contribution in [2.75, 3.05) is 13.7 Å². The summed E-state index contributed by atoms with van der Waals surface area (Å²) in [6.45, 7) is -0.207. The predicted octanol–water partition coefficient (Wildman–Crippen LogP) is 3.55. The van der Waals surface area contributed by atoms with Crippen molar-refractivity contribution in [1.82, 2.24) is 0 Å². The Morgan fingerprint density at radius 2 is 1.92 bits per heavy atom. The average molecular weight is 325 g/mol. The number of azide groups is 1. The highest BCUT2D eigenvalue weighted by atomic mass is 16.5. The summed E-state index contributed by atoms with van der Waals surface area (Å²) in [7, 11) is 1.42. The molecule has 0 bridgehead atoms. The smallest absolute Gasteiger partial charge is 0.342 e. The Morgan fingerprint density at radius 3 is 2.58 bits per heavy atom. The monoisotopic (exact) mass is 325 g/mol. The minimum atomic E-state index is -0.603. The fraction of sp³-hybridized carbons (Fsp3) is 0.176. The minimum absolute atomic E-state index is 0.111. The largest absolute Gasteiger partial charge is 0.496 e. The lowest BCUT2D eigenvalue weighted by Gasteiger charge is -2.10. The van der Waals surface area contributed by atoms with Crippen molar-refractivity contribution in [3.05, 3.63) is 75.7 Å². The molecule has 0 aliphatic rings. The van der Waals surface area contributed by atoms with Crippen LogP contribution in [0.2, 0.25) is 0 Å². The highest BCUT2D eigenvalue weighted by Crippen LogP contribution is 2.22. The quantitative estimate of drug-likeness (QED) is 0.255. The summed E-state index contributed by atoms with van der Waals surface area (Å²) < 4.78 is 10.4. The van der Waals surface area contributed by atoms with Crippen LogP contribution in [0.3, 0.4) is 0 Å². The molecule has 122 valence electrons. The van der Waals surface area contributed by atoms with Gasteiger partial charge in [0.05, 0.1) is 13.7 Å². The third kappa shape index (κ3) is 4.34. The van der Waals surface area contributed by atoms with Crippen LogP contribution in [0, 0.1) is 0 Å². The molecule has 0 aromatic heterocycles. The van der Waals surface area contributed by atoms with Crippen LogP contribution in [0.1, 0.15) is 26.3 Å². The Kier molecular flexibility index (Phi) is 5.94. The molecular formula is C17H15N3O4. The summed E-state index contributed by atoms with van der Waals surface area (Å²) in [5, 5.41) is 3.22. The van der Waals surface area contributed by atoms with Crippen LogP contribution in [0.15, 0.2) is 53.6 Å². The second-order valence-corrected chi connectivity index (χ2v) is 4.79. The van der Waals surface area contributed by atoms with E-state index in [-0.39, 0.29) is 24.3 Å². The highest BCUT2D eigenvalue weighted by Gasteiger charge is 2.17. The fourth-order valence-corrected chi connectivity index (χ4v) is 2.03. The van der Waals surface area contributed by atoms with Gasteiger partial charge in [0.2, 0.25) is 0 Å². The summed E-state index contributed by atoms with van der Waals surface area (Å²) in [5.74, 6) is -0.699. The second-order valence-electron chi connectivity index (χ2n) is 4.79. The predicted molar refractivity (Wildman–Crippen MR) is 86.9 cm³/mol. The van der Waals surface area contributed by atoms with E-state index in [1.807, 2.05) is 30.3 Å². The van der Waals surface area contributed by atoms with Gasteiger partial charge in [-0.3, -0.25) is 4.79 Å². The molecule has 24 heavy (non-hydrogen) atoms. The molecule has 0 saturated carbocycles. The molecule has 0 atom stereocenters. The van der Waals surface area contributed by atoms with Crippen molar-refractivity contribution in [3.63, 3.8) is 0 Å². The normalized spacial score (nSPS) is 9.71. The molecule has 0 spiro atoms. The van der Waals surface area contributed by atoms with E-state index in [0.717, 1.165) is 5.56 Å². The first-order chi connectivity index (χ1) is 11.7. The summed E-state index contributed by atoms with van der Waals surface area (Å²) in [5.41, 5.74) is 9.51. The number of nitrogens with zero attached hydrogens (tertiary/aromatic N) is 3. The molecule has 2 rings (SSSR count). The maximum absolute atomic E-state index is 12.3. The van der Waals surface area contributed by atoms with E-state index >= 15 is 0 Å². The first-order valence-corrected chi connectivity index (χ1v) is 7.09. The molecule has 0 unspecified atom stereocenters. The maximum atomic E-state index is 12.3. The number of benzene rings is 2. The van der Waals surface area contributed by atoms with Crippen molar-refractivity contribution >= 4 is 11.8 Å². The van der Waals surface area contributed by atoms with Crippen LogP contribution >= 0.6 is 0 Å². The van der Waals surface area contributed by atoms with Gasteiger partial charge in [-0.1, -0.05) is 35.4 Å². The van der Waals surface area contributed by atoms with E-state index in [2.05, 4.69) is 10.0 Å². The average Bonchev–Trinajstić information content (AvgIpc) is 2.64. The SMILES string of the molecule is COc1ccc(C(=O)CN=[N+]=[N-])cc1C(=O)OCc1ccccc1. The van der Waals surface area contributed by atoms with Gasteiger partial charge in [0.15, 0.2) is 5.78 Å². The molecule has 7 nitrogen and oxygen atoms in total. The van der Waals surface area contributed by atoms with E-state index in [0.29, 0.717) is 5.75 Å². The zero-order valence-corrected chi connectivity index (χ0v) is 13.0. The first kappa shape index (κ1) is 17.1. The number of carbonyl (C=O) groups excluding carboxylic acids is 2. The fourth-order valence-electron chi connectivity index (χ4n) is 2.03. The molecule has 7 heteroatoms. The summed E-state index contributed by atoms with van der Waals surface area (Å²) in [6, 6.07) is 13.6. The number of ether oxygens (including phenoxy) is 2. The number of hydrogen-bond acceptors (Lipinski definition) is 5. The molecule has 0 saturated heterocycles. The van der Waals surface area contributed by atoms with Crippen molar-refractivity contribution < 1.29 is 19.1 Å². The van der Waals surface area contributed by atoms with Crippen LogP contribution in [0.5, 0.6) is 5.75 Å². The van der Waals surface area contributed by atoms with Gasteiger partial charge in [0.25, 0.3) is 0 Å². The van der Waals surface area contributed by atoms with E-state index < -0.39 is 11.8 Å². The Balaban J connectivity index is 2.18. The highest BCUT2D eigenvalue weighted by molar-refractivity contribution is 6.01. The third-order valence-corrected chi connectivity index (χ3v) is 3.23. The molecular weight excluding hydrogens is 310 g/mol. The Bertz CT molecular complexity index is 784. The molecule has 0 radical (unpaired) electrons. The van der Waals surface area contributed by atoms with E-state index in [1.165, 1.54) is 25.3 Å². The van der Waals surface area contributed by atoms with Gasteiger partial charge in [-0.05, 0) is 29.3 Å². The van der Waals surface area contributed by atoms with Gasteiger partial charge in [-0.15, -0.1) is 0 Å². The molecule has 0 aliphatic heterocycles. The lowest BCUT2D eigenvalue weighted by atomic mass is 10.1. The first-order valence-electron chi connectivity index (χ1n) is 7.09. The van der Waals surface area contributed by atoms with Crippen molar-refractivity contribution in [1.29, 1.82) is 0 Å². The van der Waals surface area contributed by atoms with Crippen molar-refractivity contribution in [3.8, 4) is 5.75 Å². The maximum Gasteiger partial charge on any atom is 0.342 e. The Hall–Kier alpha value is -3.31. The molecule has 0 heterocycles. The summed E-state index contributed by atoms with van der Waals surface area (Å²) in [6.07, 6.45) is 0. The molecule has 0 amide bonds. The number of methoxy groups -OCH3 is 1. The van der Waals surface area contributed by atoms with Gasteiger partial charge < -0.3 is 9.47 Å². The molecule has 0 aliphatic carbocycles. The molecule has 0 N–H and O–H groups in total. The van der Waals surface area contributed by atoms with Gasteiger partial charge in [0, 0.05) is 10.5 Å². The molecule has 2 aromatic rings. The third-order valence-electron chi connectivity index (χ3n) is 3.23. The Labute approximate surface area is 138 Å². The van der Waals surface area contributed by atoms with Gasteiger partial charge in [0.1, 0.15) is 17.9 Å². The van der Waals surface area contributed by atoms with E-state index in [9.17, 15) is 9.59 Å². The van der Waals surface area contributed by atoms with Crippen LogP contribution < -0.4 is 4.74 Å². The van der Waals surface area contributed by atoms with Crippen LogP contribution in [-0.2, 0) is 11.3 Å². The number of ketones is 1. The standard InChI is InChI=1S/C17H15N3O4/c1-23-16-8-7-13(15(21)10-19-20-18)9-14(16)17(22)24-11-12-5-3-2-4-6-12/h2-9H,10-11H2,1H3. The lowest BCUT2D eigenvalue weighted by Crippen LogP contribution is -2.10. The number of esters is 1. The number of carbonyl (C=O) groups is 2. The summed E-state index contributed by atoms with van der Waals surface area (Å²) >= 11 is 0. The van der Waals surface area contributed by atoms with Gasteiger partial charge >= 0.3 is 5.97 Å². The molecule has 2 aromatic carbocycles. The number of hydrogen-bond donors (Lipinski definition) is 0. The number of rotatable bonds is 7. The van der Waals surface area contributed by atoms with E-state index in [4.69, 9.17) is 15.0 Å². The molecule has 0 fully saturated rings. The van der Waals surface area contributed by atoms with Crippen molar-refractivity contribution in [2.45, 2.75) is 6.61 Å². The Morgan fingerprint density at radius 1 is 1.17 bits per heavy atom. The van der Waals surface area contributed by atoms with Crippen molar-refractivity contribution in [2.24, 2.45) is 5.11 Å². The summed E-state index contributed by atoms with van der Waals surface area (Å²) in [4.78, 5) is 26.7. The number of Topliss-reactive ketones (excluding diaryl/α,β-unsaturated/α-hetero) is 1. The van der Waals surface area contributed by atoms with E-state index in [1.54, 1.807) is 0 Å². The zero-order valence-electron chi connectivity index (χ0n) is 13.0.